The maximum Gasteiger partial charge on any atom is 0.321 e. The Kier molecular flexibility index (Phi) is 7.25. The number of primary amides is 1. The van der Waals surface area contributed by atoms with E-state index in [1.165, 1.54) is 0 Å². The molecule has 1 aliphatic rings. The van der Waals surface area contributed by atoms with Crippen LogP contribution in [0.2, 0.25) is 0 Å². The molecule has 1 fully saturated rings. The van der Waals surface area contributed by atoms with E-state index in [9.17, 15) is 9.59 Å². The lowest BCUT2D eigenvalue weighted by atomic mass is 9.93. The Hall–Kier alpha value is -2.08. The molecule has 1 aliphatic heterocycles. The predicted molar refractivity (Wildman–Crippen MR) is 98.1 cm³/mol. The first-order chi connectivity index (χ1) is 11.9. The van der Waals surface area contributed by atoms with Crippen molar-refractivity contribution in [2.45, 2.75) is 52.2 Å². The summed E-state index contributed by atoms with van der Waals surface area (Å²) in [7, 11) is 0. The fraction of sp³-hybridized carbons (Fsp3) is 0.579. The molecule has 138 valence electrons. The van der Waals surface area contributed by atoms with Crippen LogP contribution in [0.25, 0.3) is 0 Å². The van der Waals surface area contributed by atoms with Gasteiger partial charge in [0, 0.05) is 25.2 Å². The second-order valence-corrected chi connectivity index (χ2v) is 6.95. The lowest BCUT2D eigenvalue weighted by Crippen LogP contribution is -2.42. The number of carbonyl (C=O) groups excluding carboxylic acids is 2. The topological polar surface area (TPSA) is 84.7 Å². The Morgan fingerprint density at radius 1 is 1.40 bits per heavy atom. The van der Waals surface area contributed by atoms with E-state index in [1.807, 2.05) is 43.0 Å². The first-order valence-electron chi connectivity index (χ1n) is 8.99. The van der Waals surface area contributed by atoms with Crippen molar-refractivity contribution in [1.82, 2.24) is 4.90 Å². The van der Waals surface area contributed by atoms with Gasteiger partial charge < -0.3 is 20.7 Å². The number of likely N-dealkylation sites (tertiary alicyclic amines) is 1. The van der Waals surface area contributed by atoms with Gasteiger partial charge in [0.1, 0.15) is 0 Å². The Morgan fingerprint density at radius 3 is 2.92 bits per heavy atom. The van der Waals surface area contributed by atoms with Crippen molar-refractivity contribution < 1.29 is 14.3 Å². The van der Waals surface area contributed by atoms with Gasteiger partial charge in [0.2, 0.25) is 5.91 Å². The summed E-state index contributed by atoms with van der Waals surface area (Å²) in [6.07, 6.45) is 3.31. The van der Waals surface area contributed by atoms with Crippen molar-refractivity contribution >= 4 is 17.6 Å². The molecule has 0 saturated carbocycles. The van der Waals surface area contributed by atoms with Gasteiger partial charge in [0.15, 0.2) is 0 Å². The zero-order valence-corrected chi connectivity index (χ0v) is 15.2. The van der Waals surface area contributed by atoms with Crippen LogP contribution in [0.1, 0.15) is 45.1 Å². The van der Waals surface area contributed by atoms with Crippen LogP contribution in [0.4, 0.5) is 10.5 Å². The largest absolute Gasteiger partial charge is 0.374 e. The summed E-state index contributed by atoms with van der Waals surface area (Å²) in [6, 6.07) is 7.63. The van der Waals surface area contributed by atoms with Gasteiger partial charge in [-0.05, 0) is 56.7 Å². The molecule has 6 heteroatoms. The number of ether oxygens (including phenoxy) is 1. The molecule has 2 rings (SSSR count). The molecular formula is C19H29N3O3. The van der Waals surface area contributed by atoms with Gasteiger partial charge in [-0.1, -0.05) is 12.1 Å². The van der Waals surface area contributed by atoms with Gasteiger partial charge in [-0.25, -0.2) is 4.79 Å². The summed E-state index contributed by atoms with van der Waals surface area (Å²) in [5.74, 6) is 0.0692. The van der Waals surface area contributed by atoms with Gasteiger partial charge in [-0.2, -0.15) is 0 Å². The molecule has 1 aromatic carbocycles. The standard InChI is InChI=1S/C19H29N3O3/c1-14(2)25-13-16-5-3-7-17(11-16)21-19(24)22-10-4-6-15(12-22)8-9-18(20)23/h3,5,7,11,14-15H,4,6,8-10,12-13H2,1-2H3,(H2,20,23)(H,21,24)/t15-/m1/s1. The molecule has 1 saturated heterocycles. The Morgan fingerprint density at radius 2 is 2.20 bits per heavy atom. The molecule has 0 bridgehead atoms. The van der Waals surface area contributed by atoms with Crippen LogP contribution in [-0.2, 0) is 16.1 Å². The molecule has 0 unspecified atom stereocenters. The Labute approximate surface area is 149 Å². The summed E-state index contributed by atoms with van der Waals surface area (Å²) >= 11 is 0. The third-order valence-corrected chi connectivity index (χ3v) is 4.37. The lowest BCUT2D eigenvalue weighted by molar-refractivity contribution is -0.118. The van der Waals surface area contributed by atoms with E-state index >= 15 is 0 Å². The minimum Gasteiger partial charge on any atom is -0.374 e. The summed E-state index contributed by atoms with van der Waals surface area (Å²) < 4.78 is 5.60. The average molecular weight is 347 g/mol. The van der Waals surface area contributed by atoms with Gasteiger partial charge >= 0.3 is 6.03 Å². The van der Waals surface area contributed by atoms with Crippen molar-refractivity contribution in [3.05, 3.63) is 29.8 Å². The first kappa shape index (κ1) is 19.2. The summed E-state index contributed by atoms with van der Waals surface area (Å²) in [5, 5.41) is 2.96. The van der Waals surface area contributed by atoms with Crippen molar-refractivity contribution in [3.63, 3.8) is 0 Å². The quantitative estimate of drug-likeness (QED) is 0.795. The number of hydrogen-bond acceptors (Lipinski definition) is 3. The monoisotopic (exact) mass is 347 g/mol. The number of urea groups is 1. The van der Waals surface area contributed by atoms with Gasteiger partial charge in [-0.15, -0.1) is 0 Å². The first-order valence-corrected chi connectivity index (χ1v) is 8.99. The summed E-state index contributed by atoms with van der Waals surface area (Å²) in [4.78, 5) is 25.3. The number of nitrogens with two attached hydrogens (primary N) is 1. The number of carbonyl (C=O) groups is 2. The van der Waals surface area contributed by atoms with E-state index in [4.69, 9.17) is 10.5 Å². The van der Waals surface area contributed by atoms with Crippen LogP contribution < -0.4 is 11.1 Å². The number of nitrogens with zero attached hydrogens (tertiary/aromatic N) is 1. The zero-order chi connectivity index (χ0) is 18.2. The highest BCUT2D eigenvalue weighted by molar-refractivity contribution is 5.89. The van der Waals surface area contributed by atoms with Crippen molar-refractivity contribution in [3.8, 4) is 0 Å². The van der Waals surface area contributed by atoms with Gasteiger partial charge in [0.05, 0.1) is 12.7 Å². The van der Waals surface area contributed by atoms with E-state index in [-0.39, 0.29) is 18.0 Å². The number of amides is 3. The number of anilines is 1. The third-order valence-electron chi connectivity index (χ3n) is 4.37. The molecular weight excluding hydrogens is 318 g/mol. The molecule has 0 aromatic heterocycles. The van der Waals surface area contributed by atoms with Gasteiger partial charge in [-0.3, -0.25) is 4.79 Å². The number of hydrogen-bond donors (Lipinski definition) is 2. The van der Waals surface area contributed by atoms with Crippen LogP contribution >= 0.6 is 0 Å². The Balaban J connectivity index is 1.88. The van der Waals surface area contributed by atoms with E-state index in [0.717, 1.165) is 37.1 Å². The predicted octanol–water partition coefficient (Wildman–Crippen LogP) is 3.12. The lowest BCUT2D eigenvalue weighted by Gasteiger charge is -2.32. The highest BCUT2D eigenvalue weighted by Gasteiger charge is 2.23. The maximum absolute atomic E-state index is 12.5. The minimum absolute atomic E-state index is 0.0919. The second-order valence-electron chi connectivity index (χ2n) is 6.95. The van der Waals surface area contributed by atoms with Gasteiger partial charge in [0.25, 0.3) is 0 Å². The number of piperidine rings is 1. The van der Waals surface area contributed by atoms with E-state index in [2.05, 4.69) is 5.32 Å². The highest BCUT2D eigenvalue weighted by Crippen LogP contribution is 2.22. The maximum atomic E-state index is 12.5. The molecule has 0 spiro atoms. The van der Waals surface area contributed by atoms with Crippen molar-refractivity contribution in [2.75, 3.05) is 18.4 Å². The normalized spacial score (nSPS) is 17.6. The second kappa shape index (κ2) is 9.42. The van der Waals surface area contributed by atoms with E-state index < -0.39 is 0 Å². The summed E-state index contributed by atoms with van der Waals surface area (Å²) in [6.45, 7) is 5.94. The fourth-order valence-corrected chi connectivity index (χ4v) is 3.04. The number of rotatable bonds is 7. The van der Waals surface area contributed by atoms with Crippen LogP contribution in [0.15, 0.2) is 24.3 Å². The average Bonchev–Trinajstić information content (AvgIpc) is 2.59. The molecule has 6 nitrogen and oxygen atoms in total. The fourth-order valence-electron chi connectivity index (χ4n) is 3.04. The molecule has 0 radical (unpaired) electrons. The third kappa shape index (κ3) is 6.74. The van der Waals surface area contributed by atoms with Crippen molar-refractivity contribution in [2.24, 2.45) is 11.7 Å². The SMILES string of the molecule is CC(C)OCc1cccc(NC(=O)N2CCC[C@H](CCC(N)=O)C2)c1. The zero-order valence-electron chi connectivity index (χ0n) is 15.2. The molecule has 1 atom stereocenters. The molecule has 1 heterocycles. The molecule has 3 N–H and O–H groups in total. The number of benzene rings is 1. The van der Waals surface area contributed by atoms with Crippen LogP contribution in [0.5, 0.6) is 0 Å². The van der Waals surface area contributed by atoms with E-state index in [0.29, 0.717) is 25.5 Å². The number of nitrogens with one attached hydrogen (secondary N) is 1. The van der Waals surface area contributed by atoms with Crippen LogP contribution in [0, 0.1) is 5.92 Å². The van der Waals surface area contributed by atoms with Crippen molar-refractivity contribution in [1.29, 1.82) is 0 Å². The molecule has 25 heavy (non-hydrogen) atoms. The minimum atomic E-state index is -0.276. The smallest absolute Gasteiger partial charge is 0.321 e. The molecule has 0 aliphatic carbocycles. The Bertz CT molecular complexity index is 589. The molecule has 1 aromatic rings. The van der Waals surface area contributed by atoms with Crippen LogP contribution in [-0.4, -0.2) is 36.0 Å². The summed E-state index contributed by atoms with van der Waals surface area (Å²) in [5.41, 5.74) is 7.03. The highest BCUT2D eigenvalue weighted by atomic mass is 16.5. The van der Waals surface area contributed by atoms with Crippen LogP contribution in [0.3, 0.4) is 0 Å². The molecule has 3 amide bonds. The van der Waals surface area contributed by atoms with E-state index in [1.54, 1.807) is 0 Å².